The maximum absolute atomic E-state index is 12.2. The van der Waals surface area contributed by atoms with Crippen molar-refractivity contribution in [3.8, 4) is 0 Å². The molecule has 7 heteroatoms. The zero-order valence-corrected chi connectivity index (χ0v) is 10.6. The molecule has 0 fully saturated rings. The molecule has 1 aromatic carbocycles. The van der Waals surface area contributed by atoms with Gasteiger partial charge in [0.2, 0.25) is 0 Å². The van der Waals surface area contributed by atoms with Crippen LogP contribution in [0.1, 0.15) is 10.4 Å². The number of para-hydroxylation sites is 1. The molecule has 0 saturated heterocycles. The summed E-state index contributed by atoms with van der Waals surface area (Å²) in [4.78, 5) is 16.1. The van der Waals surface area contributed by atoms with Crippen LogP contribution in [0, 0.1) is 0 Å². The number of hydrogen-bond acceptors (Lipinski definition) is 3. The Morgan fingerprint density at radius 3 is 2.65 bits per heavy atom. The number of carbonyl (C=O) groups is 1. The summed E-state index contributed by atoms with van der Waals surface area (Å²) in [6.07, 6.45) is -4.44. The molecule has 2 rings (SSSR count). The maximum atomic E-state index is 12.2. The van der Waals surface area contributed by atoms with Crippen LogP contribution in [-0.4, -0.2) is 30.7 Å². The van der Waals surface area contributed by atoms with Crippen molar-refractivity contribution in [2.75, 3.05) is 18.9 Å². The third kappa shape index (κ3) is 3.17. The number of alkyl halides is 3. The van der Waals surface area contributed by atoms with E-state index in [1.54, 1.807) is 31.3 Å². The van der Waals surface area contributed by atoms with Crippen LogP contribution in [0.5, 0.6) is 0 Å². The van der Waals surface area contributed by atoms with Crippen molar-refractivity contribution in [2.45, 2.75) is 6.18 Å². The fourth-order valence-corrected chi connectivity index (χ4v) is 1.77. The van der Waals surface area contributed by atoms with Gasteiger partial charge >= 0.3 is 6.18 Å². The largest absolute Gasteiger partial charge is 0.405 e. The number of nitrogens with one attached hydrogen (secondary N) is 2. The first-order valence-electron chi connectivity index (χ1n) is 5.83. The average Bonchev–Trinajstić information content (AvgIpc) is 2.42. The van der Waals surface area contributed by atoms with E-state index in [-0.39, 0.29) is 5.56 Å². The van der Waals surface area contributed by atoms with Gasteiger partial charge in [0.15, 0.2) is 0 Å². The first kappa shape index (κ1) is 14.1. The zero-order chi connectivity index (χ0) is 14.8. The van der Waals surface area contributed by atoms with E-state index in [1.165, 1.54) is 6.07 Å². The Balaban J connectivity index is 2.39. The van der Waals surface area contributed by atoms with E-state index < -0.39 is 18.6 Å². The van der Waals surface area contributed by atoms with Crippen LogP contribution >= 0.6 is 0 Å². The Hall–Kier alpha value is -2.31. The summed E-state index contributed by atoms with van der Waals surface area (Å²) in [6, 6.07) is 8.20. The van der Waals surface area contributed by atoms with Crippen molar-refractivity contribution in [1.82, 2.24) is 10.3 Å². The first-order valence-corrected chi connectivity index (χ1v) is 5.83. The molecule has 2 aromatic rings. The molecule has 0 aliphatic carbocycles. The lowest BCUT2D eigenvalue weighted by Crippen LogP contribution is -2.33. The summed E-state index contributed by atoms with van der Waals surface area (Å²) in [6.45, 7) is -1.36. The normalized spacial score (nSPS) is 11.4. The topological polar surface area (TPSA) is 54.0 Å². The molecule has 0 radical (unpaired) electrons. The Kier molecular flexibility index (Phi) is 3.78. The first-order chi connectivity index (χ1) is 9.40. The second kappa shape index (κ2) is 5.36. The molecule has 2 N–H and O–H groups in total. The van der Waals surface area contributed by atoms with Crippen LogP contribution in [0.4, 0.5) is 19.0 Å². The number of amides is 1. The molecule has 1 heterocycles. The van der Waals surface area contributed by atoms with Gasteiger partial charge in [-0.05, 0) is 12.1 Å². The van der Waals surface area contributed by atoms with E-state index in [2.05, 4.69) is 10.3 Å². The number of hydrogen-bond donors (Lipinski definition) is 2. The summed E-state index contributed by atoms with van der Waals surface area (Å²) in [5, 5.41) is 5.14. The second-order valence-corrected chi connectivity index (χ2v) is 4.12. The number of halogens is 3. The van der Waals surface area contributed by atoms with Gasteiger partial charge in [-0.3, -0.25) is 4.79 Å². The van der Waals surface area contributed by atoms with Crippen LogP contribution in [-0.2, 0) is 0 Å². The van der Waals surface area contributed by atoms with Gasteiger partial charge in [-0.2, -0.15) is 13.2 Å². The fourth-order valence-electron chi connectivity index (χ4n) is 1.77. The number of pyridine rings is 1. The van der Waals surface area contributed by atoms with Crippen molar-refractivity contribution in [1.29, 1.82) is 0 Å². The average molecular weight is 283 g/mol. The molecule has 1 aromatic heterocycles. The molecule has 1 amide bonds. The fraction of sp³-hybridized carbons (Fsp3) is 0.231. The zero-order valence-electron chi connectivity index (χ0n) is 10.6. The number of fused-ring (bicyclic) bond motifs is 1. The van der Waals surface area contributed by atoms with Gasteiger partial charge in [0.25, 0.3) is 5.91 Å². The predicted octanol–water partition coefficient (Wildman–Crippen LogP) is 2.57. The Labute approximate surface area is 113 Å². The maximum Gasteiger partial charge on any atom is 0.405 e. The highest BCUT2D eigenvalue weighted by Gasteiger charge is 2.28. The van der Waals surface area contributed by atoms with E-state index in [1.807, 2.05) is 5.32 Å². The van der Waals surface area contributed by atoms with Crippen molar-refractivity contribution in [2.24, 2.45) is 0 Å². The molecular formula is C13H12F3N3O. The Morgan fingerprint density at radius 2 is 2.00 bits per heavy atom. The lowest BCUT2D eigenvalue weighted by atomic mass is 10.1. The molecule has 0 bridgehead atoms. The summed E-state index contributed by atoms with van der Waals surface area (Å²) < 4.78 is 36.5. The SMILES string of the molecule is CNc1cc(C(=O)NCC(F)(F)F)c2ccccc2n1. The molecule has 0 aliphatic heterocycles. The van der Waals surface area contributed by atoms with Crippen molar-refractivity contribution in [3.05, 3.63) is 35.9 Å². The van der Waals surface area contributed by atoms with Crippen LogP contribution in [0.25, 0.3) is 10.9 Å². The summed E-state index contributed by atoms with van der Waals surface area (Å²) in [5.74, 6) is -0.363. The van der Waals surface area contributed by atoms with Crippen LogP contribution < -0.4 is 10.6 Å². The highest BCUT2D eigenvalue weighted by Crippen LogP contribution is 2.21. The van der Waals surface area contributed by atoms with Crippen LogP contribution in [0.2, 0.25) is 0 Å². The smallest absolute Gasteiger partial charge is 0.373 e. The summed E-state index contributed by atoms with van der Waals surface area (Å²) in [5.41, 5.74) is 0.695. The van der Waals surface area contributed by atoms with Crippen molar-refractivity contribution >= 4 is 22.6 Å². The number of benzene rings is 1. The molecule has 0 aliphatic rings. The van der Waals surface area contributed by atoms with Gasteiger partial charge in [-0.15, -0.1) is 0 Å². The van der Waals surface area contributed by atoms with Gasteiger partial charge in [0, 0.05) is 12.4 Å². The highest BCUT2D eigenvalue weighted by atomic mass is 19.4. The quantitative estimate of drug-likeness (QED) is 0.910. The van der Waals surface area contributed by atoms with Gasteiger partial charge in [0.1, 0.15) is 12.4 Å². The molecule has 0 saturated carbocycles. The van der Waals surface area contributed by atoms with Gasteiger partial charge in [0.05, 0.1) is 11.1 Å². The number of nitrogens with zero attached hydrogens (tertiary/aromatic N) is 1. The van der Waals surface area contributed by atoms with E-state index in [9.17, 15) is 18.0 Å². The minimum absolute atomic E-state index is 0.157. The minimum atomic E-state index is -4.44. The van der Waals surface area contributed by atoms with E-state index in [0.717, 1.165) is 0 Å². The van der Waals surface area contributed by atoms with Gasteiger partial charge in [-0.25, -0.2) is 4.98 Å². The Morgan fingerprint density at radius 1 is 1.30 bits per heavy atom. The molecule has 20 heavy (non-hydrogen) atoms. The van der Waals surface area contributed by atoms with Crippen LogP contribution in [0.15, 0.2) is 30.3 Å². The van der Waals surface area contributed by atoms with E-state index in [4.69, 9.17) is 0 Å². The number of aromatic nitrogens is 1. The van der Waals surface area contributed by atoms with Crippen molar-refractivity contribution in [3.63, 3.8) is 0 Å². The third-order valence-corrected chi connectivity index (χ3v) is 2.67. The number of carbonyl (C=O) groups excluding carboxylic acids is 1. The Bertz CT molecular complexity index is 640. The molecular weight excluding hydrogens is 271 g/mol. The van der Waals surface area contributed by atoms with E-state index in [0.29, 0.717) is 16.7 Å². The van der Waals surface area contributed by atoms with Gasteiger partial charge in [-0.1, -0.05) is 18.2 Å². The molecule has 4 nitrogen and oxygen atoms in total. The number of anilines is 1. The standard InChI is InChI=1S/C13H12F3N3O/c1-17-11-6-9(12(20)18-7-13(14,15)16)8-4-2-3-5-10(8)19-11/h2-6H,7H2,1H3,(H,17,19)(H,18,20). The molecule has 0 unspecified atom stereocenters. The lowest BCUT2D eigenvalue weighted by Gasteiger charge is -2.11. The third-order valence-electron chi connectivity index (χ3n) is 2.67. The minimum Gasteiger partial charge on any atom is -0.373 e. The number of rotatable bonds is 3. The molecule has 0 spiro atoms. The molecule has 106 valence electrons. The highest BCUT2D eigenvalue weighted by molar-refractivity contribution is 6.06. The lowest BCUT2D eigenvalue weighted by molar-refractivity contribution is -0.123. The summed E-state index contributed by atoms with van der Waals surface area (Å²) in [7, 11) is 1.62. The predicted molar refractivity (Wildman–Crippen MR) is 69.7 cm³/mol. The summed E-state index contributed by atoms with van der Waals surface area (Å²) >= 11 is 0. The monoisotopic (exact) mass is 283 g/mol. The van der Waals surface area contributed by atoms with Crippen molar-refractivity contribution < 1.29 is 18.0 Å². The van der Waals surface area contributed by atoms with Gasteiger partial charge < -0.3 is 10.6 Å². The van der Waals surface area contributed by atoms with E-state index >= 15 is 0 Å². The van der Waals surface area contributed by atoms with Crippen LogP contribution in [0.3, 0.4) is 0 Å². The molecule has 0 atom stereocenters. The second-order valence-electron chi connectivity index (χ2n) is 4.12.